The number of rotatable bonds is 5. The van der Waals surface area contributed by atoms with Crippen molar-refractivity contribution in [1.82, 2.24) is 0 Å². The van der Waals surface area contributed by atoms with Gasteiger partial charge in [0.1, 0.15) is 17.3 Å². The number of Topliss-reactive ketones (excluding diaryl/α,β-unsaturated/α-hetero) is 1. The molecule has 0 radical (unpaired) electrons. The Labute approximate surface area is 186 Å². The van der Waals surface area contributed by atoms with E-state index in [2.05, 4.69) is 0 Å². The molecule has 6 nitrogen and oxygen atoms in total. The molecule has 0 aromatic heterocycles. The third-order valence-corrected chi connectivity index (χ3v) is 5.50. The van der Waals surface area contributed by atoms with Crippen LogP contribution >= 0.6 is 0 Å². The van der Waals surface area contributed by atoms with Gasteiger partial charge in [-0.25, -0.2) is 0 Å². The smallest absolute Gasteiger partial charge is 0.300 e. The first kappa shape index (κ1) is 21.2. The third-order valence-electron chi connectivity index (χ3n) is 5.50. The van der Waals surface area contributed by atoms with Gasteiger partial charge in [-0.1, -0.05) is 48.0 Å². The Morgan fingerprint density at radius 1 is 0.906 bits per heavy atom. The lowest BCUT2D eigenvalue weighted by atomic mass is 9.94. The SMILES string of the molecule is COc1cccc(N2C(=O)C(=O)/C(=C(/O)c3cc(C)ccc3OC)C2c2ccccc2)c1. The number of aliphatic hydroxyl groups excluding tert-OH is 1. The van der Waals surface area contributed by atoms with Crippen molar-refractivity contribution in [3.63, 3.8) is 0 Å². The molecule has 1 aliphatic rings. The van der Waals surface area contributed by atoms with Gasteiger partial charge in [0.15, 0.2) is 0 Å². The zero-order valence-electron chi connectivity index (χ0n) is 18.0. The quantitative estimate of drug-likeness (QED) is 0.363. The lowest BCUT2D eigenvalue weighted by Crippen LogP contribution is -2.29. The Bertz CT molecular complexity index is 1220. The first-order valence-electron chi connectivity index (χ1n) is 10.1. The molecule has 0 spiro atoms. The number of nitrogens with zero attached hydrogens (tertiary/aromatic N) is 1. The van der Waals surface area contributed by atoms with Crippen LogP contribution in [-0.2, 0) is 9.59 Å². The maximum atomic E-state index is 13.2. The van der Waals surface area contributed by atoms with Crippen molar-refractivity contribution in [2.75, 3.05) is 19.1 Å². The average Bonchev–Trinajstić information content (AvgIpc) is 3.09. The first-order valence-corrected chi connectivity index (χ1v) is 10.1. The highest BCUT2D eigenvalue weighted by molar-refractivity contribution is 6.51. The van der Waals surface area contributed by atoms with Crippen molar-refractivity contribution in [3.8, 4) is 11.5 Å². The first-order chi connectivity index (χ1) is 15.5. The molecule has 1 atom stereocenters. The van der Waals surface area contributed by atoms with Crippen molar-refractivity contribution in [2.45, 2.75) is 13.0 Å². The van der Waals surface area contributed by atoms with Crippen molar-refractivity contribution in [1.29, 1.82) is 0 Å². The van der Waals surface area contributed by atoms with Crippen molar-refractivity contribution in [3.05, 3.63) is 95.1 Å². The number of amides is 1. The molecule has 1 heterocycles. The minimum atomic E-state index is -0.812. The van der Waals surface area contributed by atoms with Crippen LogP contribution in [0.25, 0.3) is 5.76 Å². The van der Waals surface area contributed by atoms with Gasteiger partial charge in [0, 0.05) is 11.8 Å². The van der Waals surface area contributed by atoms with E-state index in [1.165, 1.54) is 19.1 Å². The molecule has 0 bridgehead atoms. The molecule has 4 rings (SSSR count). The number of methoxy groups -OCH3 is 2. The summed E-state index contributed by atoms with van der Waals surface area (Å²) in [6.07, 6.45) is 0. The molecule has 1 N–H and O–H groups in total. The Hall–Kier alpha value is -4.06. The van der Waals surface area contributed by atoms with Gasteiger partial charge in [-0.3, -0.25) is 14.5 Å². The summed E-state index contributed by atoms with van der Waals surface area (Å²) >= 11 is 0. The monoisotopic (exact) mass is 429 g/mol. The molecule has 32 heavy (non-hydrogen) atoms. The number of ketones is 1. The maximum Gasteiger partial charge on any atom is 0.300 e. The van der Waals surface area contributed by atoms with E-state index in [0.29, 0.717) is 28.3 Å². The minimum Gasteiger partial charge on any atom is -0.507 e. The van der Waals surface area contributed by atoms with E-state index in [4.69, 9.17) is 9.47 Å². The van der Waals surface area contributed by atoms with Crippen LogP contribution < -0.4 is 14.4 Å². The molecule has 1 fully saturated rings. The zero-order valence-corrected chi connectivity index (χ0v) is 18.0. The van der Waals surface area contributed by atoms with Gasteiger partial charge in [0.25, 0.3) is 11.7 Å². The van der Waals surface area contributed by atoms with Crippen molar-refractivity contribution < 1.29 is 24.2 Å². The van der Waals surface area contributed by atoms with Crippen LogP contribution in [0.15, 0.2) is 78.4 Å². The number of anilines is 1. The molecule has 3 aromatic carbocycles. The summed E-state index contributed by atoms with van der Waals surface area (Å²) in [7, 11) is 3.02. The second kappa shape index (κ2) is 8.59. The maximum absolute atomic E-state index is 13.2. The molecule has 1 aliphatic heterocycles. The summed E-state index contributed by atoms with van der Waals surface area (Å²) in [4.78, 5) is 27.9. The second-order valence-corrected chi connectivity index (χ2v) is 7.48. The standard InChI is InChI=1S/C26H23NO5/c1-16-12-13-21(32-3)20(14-16)24(28)22-23(17-8-5-4-6-9-17)27(26(30)25(22)29)18-10-7-11-19(15-18)31-2/h4-15,23,28H,1-3H3/b24-22+. The van der Waals surface area contributed by atoms with E-state index in [1.807, 2.05) is 43.3 Å². The minimum absolute atomic E-state index is 0.00733. The summed E-state index contributed by atoms with van der Waals surface area (Å²) in [6.45, 7) is 1.87. The molecule has 162 valence electrons. The van der Waals surface area contributed by atoms with Crippen molar-refractivity contribution in [2.24, 2.45) is 0 Å². The Morgan fingerprint density at radius 2 is 1.66 bits per heavy atom. The molecule has 0 aliphatic carbocycles. The van der Waals surface area contributed by atoms with Gasteiger partial charge in [0.05, 0.1) is 31.4 Å². The van der Waals surface area contributed by atoms with Gasteiger partial charge in [-0.15, -0.1) is 0 Å². The Morgan fingerprint density at radius 3 is 2.34 bits per heavy atom. The fraction of sp³-hybridized carbons (Fsp3) is 0.154. The van der Waals surface area contributed by atoms with Crippen LogP contribution in [0.3, 0.4) is 0 Å². The van der Waals surface area contributed by atoms with Gasteiger partial charge in [-0.05, 0) is 36.8 Å². The third kappa shape index (κ3) is 3.60. The Balaban J connectivity index is 1.98. The number of aliphatic hydroxyl groups is 1. The average molecular weight is 429 g/mol. The largest absolute Gasteiger partial charge is 0.507 e. The van der Waals surface area contributed by atoms with E-state index >= 15 is 0 Å². The van der Waals surface area contributed by atoms with E-state index < -0.39 is 17.7 Å². The van der Waals surface area contributed by atoms with Gasteiger partial charge in [-0.2, -0.15) is 0 Å². The molecule has 0 saturated carbocycles. The molecule has 6 heteroatoms. The van der Waals surface area contributed by atoms with Crippen LogP contribution in [-0.4, -0.2) is 31.0 Å². The lowest BCUT2D eigenvalue weighted by molar-refractivity contribution is -0.132. The van der Waals surface area contributed by atoms with Gasteiger partial charge >= 0.3 is 0 Å². The Kier molecular flexibility index (Phi) is 5.69. The molecule has 1 unspecified atom stereocenters. The second-order valence-electron chi connectivity index (χ2n) is 7.48. The predicted molar refractivity (Wildman–Crippen MR) is 122 cm³/mol. The highest BCUT2D eigenvalue weighted by Gasteiger charge is 2.47. The van der Waals surface area contributed by atoms with E-state index in [1.54, 1.807) is 36.4 Å². The van der Waals surface area contributed by atoms with Crippen LogP contribution in [0.1, 0.15) is 22.7 Å². The molecule has 3 aromatic rings. The number of benzene rings is 3. The topological polar surface area (TPSA) is 76.1 Å². The lowest BCUT2D eigenvalue weighted by Gasteiger charge is -2.26. The van der Waals surface area contributed by atoms with E-state index in [0.717, 1.165) is 5.56 Å². The summed E-state index contributed by atoms with van der Waals surface area (Å²) in [5.41, 5.74) is 2.44. The number of hydrogen-bond donors (Lipinski definition) is 1. The molecule has 1 amide bonds. The summed E-state index contributed by atoms with van der Waals surface area (Å²) < 4.78 is 10.7. The highest BCUT2D eigenvalue weighted by Crippen LogP contribution is 2.43. The number of ether oxygens (including phenoxy) is 2. The number of carbonyl (C=O) groups is 2. The number of aryl methyl sites for hydroxylation is 1. The fourth-order valence-corrected chi connectivity index (χ4v) is 3.96. The van der Waals surface area contributed by atoms with Gasteiger partial charge < -0.3 is 14.6 Å². The predicted octanol–water partition coefficient (Wildman–Crippen LogP) is 4.64. The van der Waals surface area contributed by atoms with Crippen LogP contribution in [0, 0.1) is 6.92 Å². The summed E-state index contributed by atoms with van der Waals surface area (Å²) in [5.74, 6) is -0.796. The fourth-order valence-electron chi connectivity index (χ4n) is 3.96. The summed E-state index contributed by atoms with van der Waals surface area (Å²) in [5, 5.41) is 11.3. The van der Waals surface area contributed by atoms with Crippen LogP contribution in [0.5, 0.6) is 11.5 Å². The highest BCUT2D eigenvalue weighted by atomic mass is 16.5. The number of carbonyl (C=O) groups excluding carboxylic acids is 2. The van der Waals surface area contributed by atoms with Crippen molar-refractivity contribution >= 4 is 23.1 Å². The van der Waals surface area contributed by atoms with Crippen LogP contribution in [0.4, 0.5) is 5.69 Å². The molecular weight excluding hydrogens is 406 g/mol. The van der Waals surface area contributed by atoms with E-state index in [-0.39, 0.29) is 11.3 Å². The molecular formula is C26H23NO5. The van der Waals surface area contributed by atoms with Crippen LogP contribution in [0.2, 0.25) is 0 Å². The normalized spacial score (nSPS) is 17.5. The van der Waals surface area contributed by atoms with Gasteiger partial charge in [0.2, 0.25) is 0 Å². The van der Waals surface area contributed by atoms with E-state index in [9.17, 15) is 14.7 Å². The number of hydrogen-bond acceptors (Lipinski definition) is 5. The zero-order chi connectivity index (χ0) is 22.8. The summed E-state index contributed by atoms with van der Waals surface area (Å²) in [6, 6.07) is 20.6. The molecule has 1 saturated heterocycles.